The van der Waals surface area contributed by atoms with Crippen molar-refractivity contribution in [2.45, 2.75) is 46.3 Å². The molecule has 0 aliphatic rings. The Bertz CT molecular complexity index is 731. The summed E-state index contributed by atoms with van der Waals surface area (Å²) in [6, 6.07) is 3.84. The summed E-state index contributed by atoms with van der Waals surface area (Å²) in [5.41, 5.74) is 6.85. The molecule has 1 aromatic carbocycles. The maximum absolute atomic E-state index is 6.64. The Labute approximate surface area is 158 Å². The molecule has 0 unspecified atom stereocenters. The number of methoxy groups -OCH3 is 2. The molecule has 0 N–H and O–H groups in total. The Balaban J connectivity index is 3.63. The monoisotopic (exact) mass is 376 g/mol. The SMILES string of the molecule is C=C(C)C(=C(CCC)OC)c1c(Cl)cc(C#C[Si](C)(C)C)cc1OC. The lowest BCUT2D eigenvalue weighted by Gasteiger charge is -2.19. The fraction of sp³-hybridized carbons (Fsp3) is 0.429. The van der Waals surface area contributed by atoms with Gasteiger partial charge in [0.15, 0.2) is 0 Å². The molecule has 25 heavy (non-hydrogen) atoms. The molecule has 0 heterocycles. The Kier molecular flexibility index (Phi) is 7.85. The standard InChI is InChI=1S/C21H29ClO2Si/c1-9-10-18(23-4)20(15(2)3)21-17(22)13-16(14-19(21)24-5)11-12-25(6,7)8/h13-14H,2,9-10H2,1,3-8H3. The number of allylic oxidation sites excluding steroid dienone is 3. The molecule has 0 aromatic heterocycles. The van der Waals surface area contributed by atoms with Gasteiger partial charge in [-0.2, -0.15) is 0 Å². The molecule has 0 fully saturated rings. The maximum Gasteiger partial charge on any atom is 0.129 e. The molecule has 0 aliphatic heterocycles. The van der Waals surface area contributed by atoms with Crippen molar-refractivity contribution in [2.24, 2.45) is 0 Å². The van der Waals surface area contributed by atoms with Crippen molar-refractivity contribution in [1.82, 2.24) is 0 Å². The van der Waals surface area contributed by atoms with E-state index >= 15 is 0 Å². The summed E-state index contributed by atoms with van der Waals surface area (Å²) in [6.45, 7) is 14.8. The first-order chi connectivity index (χ1) is 11.6. The minimum absolute atomic E-state index is 0.600. The van der Waals surface area contributed by atoms with Gasteiger partial charge in [-0.3, -0.25) is 0 Å². The summed E-state index contributed by atoms with van der Waals surface area (Å²) in [7, 11) is 1.87. The smallest absolute Gasteiger partial charge is 0.129 e. The van der Waals surface area contributed by atoms with Gasteiger partial charge in [0.25, 0.3) is 0 Å². The van der Waals surface area contributed by atoms with Crippen molar-refractivity contribution in [2.75, 3.05) is 14.2 Å². The molecular formula is C21H29ClO2Si. The molecule has 0 radical (unpaired) electrons. The molecule has 2 nitrogen and oxygen atoms in total. The Morgan fingerprint density at radius 3 is 2.32 bits per heavy atom. The summed E-state index contributed by atoms with van der Waals surface area (Å²) < 4.78 is 11.3. The van der Waals surface area contributed by atoms with Crippen molar-refractivity contribution >= 4 is 25.2 Å². The molecule has 0 amide bonds. The molecule has 4 heteroatoms. The minimum Gasteiger partial charge on any atom is -0.500 e. The van der Waals surface area contributed by atoms with E-state index < -0.39 is 8.07 Å². The second-order valence-corrected chi connectivity index (χ2v) is 12.2. The minimum atomic E-state index is -1.46. The van der Waals surface area contributed by atoms with Crippen LogP contribution in [0.5, 0.6) is 5.75 Å². The van der Waals surface area contributed by atoms with Crippen LogP contribution in [0.1, 0.15) is 37.8 Å². The zero-order valence-electron chi connectivity index (χ0n) is 16.5. The van der Waals surface area contributed by atoms with Gasteiger partial charge in [0.2, 0.25) is 0 Å². The second-order valence-electron chi connectivity index (χ2n) is 7.07. The fourth-order valence-electron chi connectivity index (χ4n) is 2.46. The van der Waals surface area contributed by atoms with E-state index in [4.69, 9.17) is 21.1 Å². The van der Waals surface area contributed by atoms with Crippen LogP contribution in [-0.2, 0) is 4.74 Å². The molecule has 0 atom stereocenters. The van der Waals surface area contributed by atoms with Crippen LogP contribution < -0.4 is 4.74 Å². The van der Waals surface area contributed by atoms with Gasteiger partial charge in [0, 0.05) is 23.1 Å². The van der Waals surface area contributed by atoms with E-state index in [1.807, 2.05) is 19.1 Å². The van der Waals surface area contributed by atoms with E-state index in [1.165, 1.54) is 0 Å². The van der Waals surface area contributed by atoms with E-state index in [9.17, 15) is 0 Å². The molecule has 136 valence electrons. The Hall–Kier alpha value is -1.63. The number of hydrogen-bond acceptors (Lipinski definition) is 2. The summed E-state index contributed by atoms with van der Waals surface area (Å²) in [6.07, 6.45) is 1.79. The molecule has 0 saturated carbocycles. The van der Waals surface area contributed by atoms with Crippen LogP contribution in [0, 0.1) is 11.5 Å². The molecule has 1 aromatic rings. The van der Waals surface area contributed by atoms with Gasteiger partial charge in [-0.25, -0.2) is 0 Å². The number of hydrogen-bond donors (Lipinski definition) is 0. The van der Waals surface area contributed by atoms with Crippen molar-refractivity contribution in [1.29, 1.82) is 0 Å². The van der Waals surface area contributed by atoms with E-state index in [1.54, 1.807) is 14.2 Å². The van der Waals surface area contributed by atoms with Crippen LogP contribution in [0.15, 0.2) is 30.0 Å². The zero-order valence-corrected chi connectivity index (χ0v) is 18.2. The predicted octanol–water partition coefficient (Wildman–Crippen LogP) is 6.31. The van der Waals surface area contributed by atoms with Gasteiger partial charge >= 0.3 is 0 Å². The molecule has 0 bridgehead atoms. The van der Waals surface area contributed by atoms with Crippen molar-refractivity contribution in [3.05, 3.63) is 46.2 Å². The first kappa shape index (κ1) is 21.4. The molecular weight excluding hydrogens is 348 g/mol. The number of halogens is 1. The van der Waals surface area contributed by atoms with E-state index in [-0.39, 0.29) is 0 Å². The Morgan fingerprint density at radius 2 is 1.88 bits per heavy atom. The highest BCUT2D eigenvalue weighted by Gasteiger charge is 2.20. The predicted molar refractivity (Wildman–Crippen MR) is 112 cm³/mol. The van der Waals surface area contributed by atoms with Crippen molar-refractivity contribution < 1.29 is 9.47 Å². The van der Waals surface area contributed by atoms with E-state index in [0.29, 0.717) is 10.8 Å². The summed E-state index contributed by atoms with van der Waals surface area (Å²) in [4.78, 5) is 0. The topological polar surface area (TPSA) is 18.5 Å². The average Bonchev–Trinajstić information content (AvgIpc) is 2.52. The largest absolute Gasteiger partial charge is 0.500 e. The zero-order chi connectivity index (χ0) is 19.2. The third-order valence-corrected chi connectivity index (χ3v) is 4.71. The van der Waals surface area contributed by atoms with Crippen LogP contribution in [0.4, 0.5) is 0 Å². The summed E-state index contributed by atoms with van der Waals surface area (Å²) in [5, 5.41) is 0.600. The fourth-order valence-corrected chi connectivity index (χ4v) is 3.29. The van der Waals surface area contributed by atoms with Crippen LogP contribution in [0.3, 0.4) is 0 Å². The molecule has 1 rings (SSSR count). The highest BCUT2D eigenvalue weighted by Crippen LogP contribution is 2.40. The lowest BCUT2D eigenvalue weighted by molar-refractivity contribution is 0.278. The number of benzene rings is 1. The van der Waals surface area contributed by atoms with E-state index in [2.05, 4.69) is 44.6 Å². The number of ether oxygens (including phenoxy) is 2. The molecule has 0 aliphatic carbocycles. The lowest BCUT2D eigenvalue weighted by atomic mass is 9.95. The Morgan fingerprint density at radius 1 is 1.24 bits per heavy atom. The first-order valence-electron chi connectivity index (χ1n) is 8.48. The van der Waals surface area contributed by atoms with Crippen LogP contribution in [-0.4, -0.2) is 22.3 Å². The van der Waals surface area contributed by atoms with Gasteiger partial charge < -0.3 is 9.47 Å². The van der Waals surface area contributed by atoms with Gasteiger partial charge in [0.05, 0.1) is 19.2 Å². The van der Waals surface area contributed by atoms with E-state index in [0.717, 1.165) is 40.9 Å². The van der Waals surface area contributed by atoms with Gasteiger partial charge in [-0.15, -0.1) is 5.54 Å². The first-order valence-corrected chi connectivity index (χ1v) is 12.4. The number of rotatable bonds is 6. The maximum atomic E-state index is 6.64. The third-order valence-electron chi connectivity index (χ3n) is 3.53. The van der Waals surface area contributed by atoms with Crippen molar-refractivity contribution in [3.63, 3.8) is 0 Å². The quantitative estimate of drug-likeness (QED) is 0.250. The normalized spacial score (nSPS) is 12.0. The summed E-state index contributed by atoms with van der Waals surface area (Å²) in [5.74, 6) is 4.80. The molecule has 0 spiro atoms. The summed E-state index contributed by atoms with van der Waals surface area (Å²) >= 11 is 6.64. The average molecular weight is 377 g/mol. The highest BCUT2D eigenvalue weighted by molar-refractivity contribution is 6.83. The third kappa shape index (κ3) is 5.99. The molecule has 0 saturated heterocycles. The van der Waals surface area contributed by atoms with Crippen molar-refractivity contribution in [3.8, 4) is 17.2 Å². The lowest BCUT2D eigenvalue weighted by Crippen LogP contribution is -2.16. The highest BCUT2D eigenvalue weighted by atomic mass is 35.5. The van der Waals surface area contributed by atoms with Crippen LogP contribution in [0.2, 0.25) is 24.7 Å². The van der Waals surface area contributed by atoms with Crippen LogP contribution in [0.25, 0.3) is 5.57 Å². The van der Waals surface area contributed by atoms with Gasteiger partial charge in [-0.1, -0.05) is 50.7 Å². The van der Waals surface area contributed by atoms with Gasteiger partial charge in [-0.05, 0) is 31.1 Å². The second kappa shape index (κ2) is 9.17. The van der Waals surface area contributed by atoms with Crippen LogP contribution >= 0.6 is 11.6 Å². The van der Waals surface area contributed by atoms with Gasteiger partial charge in [0.1, 0.15) is 19.6 Å².